The van der Waals surface area contributed by atoms with E-state index >= 15 is 0 Å². The van der Waals surface area contributed by atoms with Gasteiger partial charge in [0.25, 0.3) is 5.69 Å². The maximum Gasteiger partial charge on any atom is 0.315 e. The van der Waals surface area contributed by atoms with Crippen LogP contribution in [0.1, 0.15) is 18.1 Å². The van der Waals surface area contributed by atoms with Crippen molar-refractivity contribution in [2.75, 3.05) is 5.32 Å². The predicted octanol–water partition coefficient (Wildman–Crippen LogP) is 3.01. The maximum atomic E-state index is 12.0. The van der Waals surface area contributed by atoms with E-state index in [0.717, 1.165) is 0 Å². The zero-order chi connectivity index (χ0) is 17.7. The van der Waals surface area contributed by atoms with Crippen molar-refractivity contribution in [3.63, 3.8) is 0 Å². The quantitative estimate of drug-likeness (QED) is 0.394. The van der Waals surface area contributed by atoms with Crippen LogP contribution in [-0.2, 0) is 16.0 Å². The Labute approximate surface area is 138 Å². The van der Waals surface area contributed by atoms with Crippen LogP contribution in [0.3, 0.4) is 0 Å². The molecule has 0 atom stereocenters. The summed E-state index contributed by atoms with van der Waals surface area (Å²) in [5.41, 5.74) is 1.84. The van der Waals surface area contributed by atoms with Crippen LogP contribution < -0.4 is 10.1 Å². The molecule has 0 fully saturated rings. The number of rotatable bonds is 5. The largest absolute Gasteiger partial charge is 0.426 e. The molecule has 124 valence electrons. The molecule has 0 aliphatic rings. The Morgan fingerprint density at radius 3 is 2.42 bits per heavy atom. The van der Waals surface area contributed by atoms with Gasteiger partial charge in [0.05, 0.1) is 17.4 Å². The van der Waals surface area contributed by atoms with Gasteiger partial charge in [-0.15, -0.1) is 0 Å². The van der Waals surface area contributed by atoms with E-state index in [2.05, 4.69) is 5.32 Å². The number of hydrogen-bond acceptors (Lipinski definition) is 5. The van der Waals surface area contributed by atoms with Crippen LogP contribution in [0.5, 0.6) is 5.75 Å². The average molecular weight is 328 g/mol. The van der Waals surface area contributed by atoms with Gasteiger partial charge in [-0.3, -0.25) is 19.7 Å². The van der Waals surface area contributed by atoms with Crippen molar-refractivity contribution in [2.45, 2.75) is 20.3 Å². The summed E-state index contributed by atoms with van der Waals surface area (Å²) >= 11 is 0. The van der Waals surface area contributed by atoms with Gasteiger partial charge in [0, 0.05) is 18.7 Å². The van der Waals surface area contributed by atoms with E-state index in [-0.39, 0.29) is 23.8 Å². The number of non-ortho nitro benzene ring substituents is 1. The molecule has 7 heteroatoms. The van der Waals surface area contributed by atoms with Crippen LogP contribution in [0, 0.1) is 17.0 Å². The first-order chi connectivity index (χ1) is 11.3. The second-order valence-corrected chi connectivity index (χ2v) is 5.24. The minimum absolute atomic E-state index is 0.0164. The van der Waals surface area contributed by atoms with Gasteiger partial charge >= 0.3 is 5.97 Å². The SMILES string of the molecule is CC(=O)Nc1ccc(CC(=O)Oc2cc([N+](=O)[O-])ccc2C)cc1. The third kappa shape index (κ3) is 4.64. The lowest BCUT2D eigenvalue weighted by Crippen LogP contribution is -2.12. The van der Waals surface area contributed by atoms with E-state index in [9.17, 15) is 19.7 Å². The maximum absolute atomic E-state index is 12.0. The van der Waals surface area contributed by atoms with Crippen LogP contribution in [-0.4, -0.2) is 16.8 Å². The molecule has 0 aliphatic heterocycles. The van der Waals surface area contributed by atoms with Crippen molar-refractivity contribution in [3.8, 4) is 5.75 Å². The van der Waals surface area contributed by atoms with E-state index in [1.165, 1.54) is 25.1 Å². The van der Waals surface area contributed by atoms with Crippen molar-refractivity contribution >= 4 is 23.3 Å². The monoisotopic (exact) mass is 328 g/mol. The summed E-state index contributed by atoms with van der Waals surface area (Å²) in [4.78, 5) is 33.2. The lowest BCUT2D eigenvalue weighted by Gasteiger charge is -2.08. The molecule has 2 aromatic rings. The molecule has 0 aromatic heterocycles. The summed E-state index contributed by atoms with van der Waals surface area (Å²) in [7, 11) is 0. The predicted molar refractivity (Wildman–Crippen MR) is 87.9 cm³/mol. The number of nitro groups is 1. The summed E-state index contributed by atoms with van der Waals surface area (Å²) in [6.45, 7) is 3.11. The molecule has 0 unspecified atom stereocenters. The highest BCUT2D eigenvalue weighted by Crippen LogP contribution is 2.24. The first kappa shape index (κ1) is 17.1. The second-order valence-electron chi connectivity index (χ2n) is 5.24. The molecule has 0 saturated carbocycles. The average Bonchev–Trinajstić information content (AvgIpc) is 2.50. The molecule has 1 amide bonds. The summed E-state index contributed by atoms with van der Waals surface area (Å²) in [6.07, 6.45) is 0.0164. The first-order valence-electron chi connectivity index (χ1n) is 7.17. The molecule has 0 aliphatic carbocycles. The highest BCUT2D eigenvalue weighted by atomic mass is 16.6. The molecule has 0 spiro atoms. The minimum atomic E-state index is -0.544. The fourth-order valence-corrected chi connectivity index (χ4v) is 2.05. The molecule has 2 rings (SSSR count). The van der Waals surface area contributed by atoms with Crippen LogP contribution in [0.4, 0.5) is 11.4 Å². The number of nitrogens with zero attached hydrogens (tertiary/aromatic N) is 1. The standard InChI is InChI=1S/C17H16N2O5/c1-11-3-8-15(19(22)23)10-16(11)24-17(21)9-13-4-6-14(7-5-13)18-12(2)20/h3-8,10H,9H2,1-2H3,(H,18,20). The molecule has 2 aromatic carbocycles. The van der Waals surface area contributed by atoms with Crippen LogP contribution >= 0.6 is 0 Å². The van der Waals surface area contributed by atoms with E-state index < -0.39 is 10.9 Å². The molecule has 0 saturated heterocycles. The summed E-state index contributed by atoms with van der Waals surface area (Å²) in [5.74, 6) is -0.529. The Bertz CT molecular complexity index is 784. The molecule has 1 N–H and O–H groups in total. The Morgan fingerprint density at radius 2 is 1.83 bits per heavy atom. The molecule has 7 nitrogen and oxygen atoms in total. The number of benzene rings is 2. The van der Waals surface area contributed by atoms with E-state index in [1.54, 1.807) is 31.2 Å². The van der Waals surface area contributed by atoms with Gasteiger partial charge in [-0.05, 0) is 36.2 Å². The minimum Gasteiger partial charge on any atom is -0.426 e. The second kappa shape index (κ2) is 7.36. The van der Waals surface area contributed by atoms with Crippen LogP contribution in [0.15, 0.2) is 42.5 Å². The number of carbonyl (C=O) groups is 2. The van der Waals surface area contributed by atoms with Crippen molar-refractivity contribution in [3.05, 3.63) is 63.7 Å². The van der Waals surface area contributed by atoms with E-state index in [0.29, 0.717) is 16.8 Å². The van der Waals surface area contributed by atoms with E-state index in [4.69, 9.17) is 4.74 Å². The van der Waals surface area contributed by atoms with Crippen molar-refractivity contribution in [2.24, 2.45) is 0 Å². The Balaban J connectivity index is 2.04. The lowest BCUT2D eigenvalue weighted by atomic mass is 10.1. The highest BCUT2D eigenvalue weighted by molar-refractivity contribution is 5.88. The Kier molecular flexibility index (Phi) is 5.26. The zero-order valence-corrected chi connectivity index (χ0v) is 13.2. The third-order valence-electron chi connectivity index (χ3n) is 3.23. The molecule has 0 heterocycles. The number of hydrogen-bond donors (Lipinski definition) is 1. The number of ether oxygens (including phenoxy) is 1. The number of aryl methyl sites for hydroxylation is 1. The van der Waals surface area contributed by atoms with Crippen molar-refractivity contribution in [1.29, 1.82) is 0 Å². The lowest BCUT2D eigenvalue weighted by molar-refractivity contribution is -0.384. The topological polar surface area (TPSA) is 98.5 Å². The van der Waals surface area contributed by atoms with Gasteiger partial charge in [0.15, 0.2) is 0 Å². The first-order valence-corrected chi connectivity index (χ1v) is 7.17. The fraction of sp³-hybridized carbons (Fsp3) is 0.176. The summed E-state index contributed by atoms with van der Waals surface area (Å²) in [6, 6.07) is 10.9. The summed E-state index contributed by atoms with van der Waals surface area (Å²) in [5, 5.41) is 13.4. The van der Waals surface area contributed by atoms with Gasteiger partial charge in [-0.1, -0.05) is 12.1 Å². The Hall–Kier alpha value is -3.22. The molecule has 0 bridgehead atoms. The molecular formula is C17H16N2O5. The number of nitrogens with one attached hydrogen (secondary N) is 1. The normalized spacial score (nSPS) is 10.1. The number of amides is 1. The van der Waals surface area contributed by atoms with Crippen molar-refractivity contribution in [1.82, 2.24) is 0 Å². The van der Waals surface area contributed by atoms with Gasteiger partial charge in [-0.25, -0.2) is 0 Å². The zero-order valence-electron chi connectivity index (χ0n) is 13.2. The van der Waals surface area contributed by atoms with Gasteiger partial charge < -0.3 is 10.1 Å². The number of anilines is 1. The molecule has 0 radical (unpaired) electrons. The summed E-state index contributed by atoms with van der Waals surface area (Å²) < 4.78 is 5.22. The molecular weight excluding hydrogens is 312 g/mol. The number of esters is 1. The third-order valence-corrected chi connectivity index (χ3v) is 3.23. The fourth-order valence-electron chi connectivity index (χ4n) is 2.05. The highest BCUT2D eigenvalue weighted by Gasteiger charge is 2.13. The molecule has 24 heavy (non-hydrogen) atoms. The smallest absolute Gasteiger partial charge is 0.315 e. The van der Waals surface area contributed by atoms with Gasteiger partial charge in [0.1, 0.15) is 5.75 Å². The number of nitro benzene ring substituents is 1. The van der Waals surface area contributed by atoms with Crippen LogP contribution in [0.2, 0.25) is 0 Å². The number of carbonyl (C=O) groups excluding carboxylic acids is 2. The van der Waals surface area contributed by atoms with Gasteiger partial charge in [-0.2, -0.15) is 0 Å². The van der Waals surface area contributed by atoms with Crippen LogP contribution in [0.25, 0.3) is 0 Å². The van der Waals surface area contributed by atoms with E-state index in [1.807, 2.05) is 0 Å². The van der Waals surface area contributed by atoms with Crippen molar-refractivity contribution < 1.29 is 19.2 Å². The van der Waals surface area contributed by atoms with Gasteiger partial charge in [0.2, 0.25) is 5.91 Å². The Morgan fingerprint density at radius 1 is 1.17 bits per heavy atom.